The molecule has 1 amide bonds. The van der Waals surface area contributed by atoms with Crippen LogP contribution >= 0.6 is 23.2 Å². The van der Waals surface area contributed by atoms with E-state index >= 15 is 0 Å². The van der Waals surface area contributed by atoms with Crippen molar-refractivity contribution in [3.63, 3.8) is 0 Å². The molecular formula is C25H25Cl2N5O3. The first kappa shape index (κ1) is 25.0. The van der Waals surface area contributed by atoms with Crippen LogP contribution < -0.4 is 5.32 Å². The number of aryl methyl sites for hydroxylation is 1. The van der Waals surface area contributed by atoms with Gasteiger partial charge in [0.1, 0.15) is 5.82 Å². The molecule has 0 bridgehead atoms. The van der Waals surface area contributed by atoms with Gasteiger partial charge in [-0.2, -0.15) is 0 Å². The van der Waals surface area contributed by atoms with Crippen LogP contribution in [0.4, 0.5) is 5.69 Å². The van der Waals surface area contributed by atoms with Crippen LogP contribution in [0.3, 0.4) is 0 Å². The molecule has 1 aromatic heterocycles. The second kappa shape index (κ2) is 11.6. The number of carbonyl (C=O) groups is 1. The lowest BCUT2D eigenvalue weighted by Crippen LogP contribution is -2.31. The zero-order valence-corrected chi connectivity index (χ0v) is 20.5. The van der Waals surface area contributed by atoms with Crippen molar-refractivity contribution in [1.82, 2.24) is 20.2 Å². The number of benzene rings is 2. The second-order valence-corrected chi connectivity index (χ2v) is 9.38. The SMILES string of the molecule is O=C(CCc1ncc(-c2ccc([N+](=O)[O-])cc2)cn1)NCC1CCN(Cc2cccc(Cl)c2Cl)C1. The second-order valence-electron chi connectivity index (χ2n) is 8.60. The summed E-state index contributed by atoms with van der Waals surface area (Å²) in [5.41, 5.74) is 2.61. The molecule has 1 unspecified atom stereocenters. The first-order valence-electron chi connectivity index (χ1n) is 11.4. The summed E-state index contributed by atoms with van der Waals surface area (Å²) in [5, 5.41) is 15.0. The number of rotatable bonds is 9. The zero-order chi connectivity index (χ0) is 24.8. The molecule has 8 nitrogen and oxygen atoms in total. The summed E-state index contributed by atoms with van der Waals surface area (Å²) in [5.74, 6) is 0.953. The first-order valence-corrected chi connectivity index (χ1v) is 12.1. The molecule has 2 heterocycles. The number of carbonyl (C=O) groups excluding carboxylic acids is 1. The van der Waals surface area contributed by atoms with Gasteiger partial charge in [0.2, 0.25) is 5.91 Å². The maximum Gasteiger partial charge on any atom is 0.269 e. The van der Waals surface area contributed by atoms with Gasteiger partial charge in [0.15, 0.2) is 0 Å². The van der Waals surface area contributed by atoms with E-state index in [0.717, 1.165) is 42.7 Å². The number of likely N-dealkylation sites (tertiary alicyclic amines) is 1. The minimum absolute atomic E-state index is 0.0237. The van der Waals surface area contributed by atoms with Crippen molar-refractivity contribution in [3.05, 3.63) is 86.4 Å². The number of hydrogen-bond donors (Lipinski definition) is 1. The molecule has 1 saturated heterocycles. The Bertz CT molecular complexity index is 1190. The Balaban J connectivity index is 1.19. The monoisotopic (exact) mass is 513 g/mol. The molecule has 4 rings (SSSR count). The van der Waals surface area contributed by atoms with Crippen LogP contribution in [0.5, 0.6) is 0 Å². The van der Waals surface area contributed by atoms with Gasteiger partial charge in [-0.05, 0) is 48.2 Å². The van der Waals surface area contributed by atoms with E-state index in [9.17, 15) is 14.9 Å². The molecule has 1 N–H and O–H groups in total. The highest BCUT2D eigenvalue weighted by Gasteiger charge is 2.23. The lowest BCUT2D eigenvalue weighted by Gasteiger charge is -2.17. The van der Waals surface area contributed by atoms with E-state index in [2.05, 4.69) is 20.2 Å². The quantitative estimate of drug-likeness (QED) is 0.321. The standard InChI is InChI=1S/C25H25Cl2N5O3/c26-22-3-1-2-19(25(22)27)16-31-11-10-17(15-31)12-30-24(33)9-8-23-28-13-20(14-29-23)18-4-6-21(7-5-18)32(34)35/h1-7,13-14,17H,8-12,15-16H2,(H,30,33). The predicted octanol–water partition coefficient (Wildman–Crippen LogP) is 4.93. The molecule has 182 valence electrons. The lowest BCUT2D eigenvalue weighted by molar-refractivity contribution is -0.384. The fraction of sp³-hybridized carbons (Fsp3) is 0.320. The van der Waals surface area contributed by atoms with Gasteiger partial charge in [-0.1, -0.05) is 35.3 Å². The number of nitro benzene ring substituents is 1. The Kier molecular flexibility index (Phi) is 8.28. The topological polar surface area (TPSA) is 101 Å². The molecule has 3 aromatic rings. The number of amides is 1. The zero-order valence-electron chi connectivity index (χ0n) is 19.0. The lowest BCUT2D eigenvalue weighted by atomic mass is 10.1. The highest BCUT2D eigenvalue weighted by atomic mass is 35.5. The molecular weight excluding hydrogens is 489 g/mol. The number of nitrogens with one attached hydrogen (secondary N) is 1. The average molecular weight is 514 g/mol. The van der Waals surface area contributed by atoms with E-state index in [1.165, 1.54) is 12.1 Å². The van der Waals surface area contributed by atoms with Crippen LogP contribution in [0.25, 0.3) is 11.1 Å². The molecule has 2 aromatic carbocycles. The van der Waals surface area contributed by atoms with Crippen LogP contribution in [0, 0.1) is 16.0 Å². The van der Waals surface area contributed by atoms with E-state index in [4.69, 9.17) is 23.2 Å². The van der Waals surface area contributed by atoms with E-state index in [1.807, 2.05) is 12.1 Å². The van der Waals surface area contributed by atoms with Crippen LogP contribution in [0.15, 0.2) is 54.9 Å². The molecule has 1 fully saturated rings. The third-order valence-corrected chi connectivity index (χ3v) is 6.93. The highest BCUT2D eigenvalue weighted by Crippen LogP contribution is 2.28. The summed E-state index contributed by atoms with van der Waals surface area (Å²) < 4.78 is 0. The largest absolute Gasteiger partial charge is 0.356 e. The maximum absolute atomic E-state index is 12.3. The number of halogens is 2. The molecule has 1 aliphatic heterocycles. The van der Waals surface area contributed by atoms with E-state index in [1.54, 1.807) is 30.6 Å². The molecule has 10 heteroatoms. The van der Waals surface area contributed by atoms with Crippen molar-refractivity contribution >= 4 is 34.8 Å². The molecule has 0 spiro atoms. The van der Waals surface area contributed by atoms with Crippen molar-refractivity contribution in [2.45, 2.75) is 25.8 Å². The molecule has 0 aliphatic carbocycles. The van der Waals surface area contributed by atoms with Crippen LogP contribution in [0.2, 0.25) is 10.0 Å². The Morgan fingerprint density at radius 1 is 1.11 bits per heavy atom. The van der Waals surface area contributed by atoms with Crippen molar-refractivity contribution in [2.24, 2.45) is 5.92 Å². The number of nitrogens with zero attached hydrogens (tertiary/aromatic N) is 4. The highest BCUT2D eigenvalue weighted by molar-refractivity contribution is 6.42. The van der Waals surface area contributed by atoms with Crippen molar-refractivity contribution < 1.29 is 9.72 Å². The molecule has 35 heavy (non-hydrogen) atoms. The van der Waals surface area contributed by atoms with Gasteiger partial charge in [-0.3, -0.25) is 19.8 Å². The van der Waals surface area contributed by atoms with Gasteiger partial charge in [-0.25, -0.2) is 9.97 Å². The van der Waals surface area contributed by atoms with Crippen LogP contribution in [-0.4, -0.2) is 45.3 Å². The third-order valence-electron chi connectivity index (χ3n) is 6.08. The summed E-state index contributed by atoms with van der Waals surface area (Å²) in [4.78, 5) is 33.7. The molecule has 1 aliphatic rings. The summed E-state index contributed by atoms with van der Waals surface area (Å²) in [6.45, 7) is 3.24. The Labute approximate surface area is 213 Å². The molecule has 1 atom stereocenters. The summed E-state index contributed by atoms with van der Waals surface area (Å²) in [6, 6.07) is 11.9. The molecule has 0 saturated carbocycles. The fourth-order valence-electron chi connectivity index (χ4n) is 4.12. The fourth-order valence-corrected chi connectivity index (χ4v) is 4.49. The van der Waals surface area contributed by atoms with Crippen molar-refractivity contribution in [1.29, 1.82) is 0 Å². The smallest absolute Gasteiger partial charge is 0.269 e. The van der Waals surface area contributed by atoms with Crippen molar-refractivity contribution in [3.8, 4) is 11.1 Å². The Morgan fingerprint density at radius 2 is 1.86 bits per heavy atom. The van der Waals surface area contributed by atoms with Gasteiger partial charge in [0.25, 0.3) is 5.69 Å². The van der Waals surface area contributed by atoms with E-state index in [0.29, 0.717) is 41.2 Å². The number of nitro groups is 1. The van der Waals surface area contributed by atoms with Crippen LogP contribution in [-0.2, 0) is 17.8 Å². The Morgan fingerprint density at radius 3 is 2.57 bits per heavy atom. The van der Waals surface area contributed by atoms with Gasteiger partial charge in [0, 0.05) is 62.6 Å². The van der Waals surface area contributed by atoms with Gasteiger partial charge in [0.05, 0.1) is 15.0 Å². The first-order chi connectivity index (χ1) is 16.9. The summed E-state index contributed by atoms with van der Waals surface area (Å²) in [6.07, 6.45) is 5.11. The van der Waals surface area contributed by atoms with E-state index < -0.39 is 4.92 Å². The Hall–Kier alpha value is -3.07. The number of aromatic nitrogens is 2. The van der Waals surface area contributed by atoms with Gasteiger partial charge < -0.3 is 5.32 Å². The molecule has 0 radical (unpaired) electrons. The van der Waals surface area contributed by atoms with E-state index in [-0.39, 0.29) is 11.6 Å². The third kappa shape index (κ3) is 6.75. The summed E-state index contributed by atoms with van der Waals surface area (Å²) >= 11 is 12.4. The van der Waals surface area contributed by atoms with Crippen molar-refractivity contribution in [2.75, 3.05) is 19.6 Å². The van der Waals surface area contributed by atoms with Gasteiger partial charge in [-0.15, -0.1) is 0 Å². The van der Waals surface area contributed by atoms with Gasteiger partial charge >= 0.3 is 0 Å². The number of non-ortho nitro benzene ring substituents is 1. The maximum atomic E-state index is 12.3. The average Bonchev–Trinajstić information content (AvgIpc) is 3.32. The number of hydrogen-bond acceptors (Lipinski definition) is 6. The predicted molar refractivity (Wildman–Crippen MR) is 135 cm³/mol. The van der Waals surface area contributed by atoms with Crippen LogP contribution in [0.1, 0.15) is 24.2 Å². The minimum Gasteiger partial charge on any atom is -0.356 e. The normalized spacial score (nSPS) is 15.8. The minimum atomic E-state index is -0.436. The summed E-state index contributed by atoms with van der Waals surface area (Å²) in [7, 11) is 0.